The first-order valence-corrected chi connectivity index (χ1v) is 6.75. The van der Waals surface area contributed by atoms with E-state index in [1.54, 1.807) is 0 Å². The number of hydrogen-bond acceptors (Lipinski definition) is 3. The summed E-state index contributed by atoms with van der Waals surface area (Å²) >= 11 is 0. The highest BCUT2D eigenvalue weighted by Gasteiger charge is 2.17. The zero-order chi connectivity index (χ0) is 13.5. The molecule has 18 heavy (non-hydrogen) atoms. The Morgan fingerprint density at radius 3 is 2.33 bits per heavy atom. The molecule has 0 bridgehead atoms. The standard InChI is InChI=1S/C15H25NO2/c1-4-14(5-2)16(8-9-17)15-7-6-12(3)10-13(15)11-18/h6-7,10,14,17-18H,4-5,8-9,11H2,1-3H3. The first kappa shape index (κ1) is 15.0. The highest BCUT2D eigenvalue weighted by Crippen LogP contribution is 2.26. The van der Waals surface area contributed by atoms with Crippen LogP contribution in [0.5, 0.6) is 0 Å². The van der Waals surface area contributed by atoms with Gasteiger partial charge in [0.25, 0.3) is 0 Å². The quantitative estimate of drug-likeness (QED) is 0.782. The van der Waals surface area contributed by atoms with E-state index in [0.717, 1.165) is 29.7 Å². The molecule has 0 aromatic heterocycles. The van der Waals surface area contributed by atoms with Gasteiger partial charge in [0.15, 0.2) is 0 Å². The fourth-order valence-electron chi connectivity index (χ4n) is 2.46. The Labute approximate surface area is 110 Å². The van der Waals surface area contributed by atoms with Gasteiger partial charge in [-0.1, -0.05) is 31.5 Å². The van der Waals surface area contributed by atoms with Gasteiger partial charge in [0.05, 0.1) is 13.2 Å². The maximum absolute atomic E-state index is 9.50. The molecule has 0 radical (unpaired) electrons. The number of rotatable bonds is 7. The van der Waals surface area contributed by atoms with E-state index >= 15 is 0 Å². The molecule has 3 nitrogen and oxygen atoms in total. The molecule has 0 fully saturated rings. The second kappa shape index (κ2) is 7.39. The molecule has 0 spiro atoms. The molecule has 0 aliphatic carbocycles. The van der Waals surface area contributed by atoms with Gasteiger partial charge in [-0.2, -0.15) is 0 Å². The van der Waals surface area contributed by atoms with Gasteiger partial charge in [-0.05, 0) is 25.8 Å². The van der Waals surface area contributed by atoms with Crippen molar-refractivity contribution in [3.05, 3.63) is 29.3 Å². The van der Waals surface area contributed by atoms with Crippen molar-refractivity contribution in [1.29, 1.82) is 0 Å². The Morgan fingerprint density at radius 2 is 1.83 bits per heavy atom. The summed E-state index contributed by atoms with van der Waals surface area (Å²) in [5.74, 6) is 0. The zero-order valence-corrected chi connectivity index (χ0v) is 11.7. The summed E-state index contributed by atoms with van der Waals surface area (Å²) < 4.78 is 0. The third kappa shape index (κ3) is 3.47. The molecular formula is C15H25NO2. The third-order valence-electron chi connectivity index (χ3n) is 3.44. The summed E-state index contributed by atoms with van der Waals surface area (Å²) in [6.07, 6.45) is 2.07. The Hall–Kier alpha value is -1.06. The lowest BCUT2D eigenvalue weighted by molar-refractivity contribution is 0.279. The van der Waals surface area contributed by atoms with E-state index in [0.29, 0.717) is 12.6 Å². The smallest absolute Gasteiger partial charge is 0.0702 e. The fourth-order valence-corrected chi connectivity index (χ4v) is 2.46. The Morgan fingerprint density at radius 1 is 1.17 bits per heavy atom. The highest BCUT2D eigenvalue weighted by molar-refractivity contribution is 5.55. The Balaban J connectivity index is 3.11. The van der Waals surface area contributed by atoms with Crippen LogP contribution in [-0.2, 0) is 6.61 Å². The van der Waals surface area contributed by atoms with Crippen molar-refractivity contribution in [1.82, 2.24) is 0 Å². The first-order chi connectivity index (χ1) is 8.67. The van der Waals surface area contributed by atoms with Gasteiger partial charge in [0, 0.05) is 23.8 Å². The van der Waals surface area contributed by atoms with Crippen LogP contribution in [0.25, 0.3) is 0 Å². The van der Waals surface area contributed by atoms with Crippen molar-refractivity contribution < 1.29 is 10.2 Å². The van der Waals surface area contributed by atoms with E-state index in [1.165, 1.54) is 0 Å². The number of benzene rings is 1. The summed E-state index contributed by atoms with van der Waals surface area (Å²) in [7, 11) is 0. The molecule has 0 amide bonds. The number of anilines is 1. The molecule has 0 aliphatic heterocycles. The summed E-state index contributed by atoms with van der Waals surface area (Å²) in [5, 5.41) is 18.7. The van der Waals surface area contributed by atoms with Crippen LogP contribution >= 0.6 is 0 Å². The molecule has 3 heteroatoms. The molecule has 1 aromatic carbocycles. The largest absolute Gasteiger partial charge is 0.395 e. The molecule has 0 aliphatic rings. The van der Waals surface area contributed by atoms with Crippen LogP contribution in [0, 0.1) is 6.92 Å². The Kier molecular flexibility index (Phi) is 6.16. The van der Waals surface area contributed by atoms with E-state index < -0.39 is 0 Å². The molecular weight excluding hydrogens is 226 g/mol. The van der Waals surface area contributed by atoms with Gasteiger partial charge in [0.1, 0.15) is 0 Å². The predicted octanol–water partition coefficient (Wildman–Crippen LogP) is 2.47. The summed E-state index contributed by atoms with van der Waals surface area (Å²) in [4.78, 5) is 2.21. The van der Waals surface area contributed by atoms with E-state index in [1.807, 2.05) is 13.0 Å². The molecule has 1 rings (SSSR count). The van der Waals surface area contributed by atoms with Crippen molar-refractivity contribution in [3.63, 3.8) is 0 Å². The van der Waals surface area contributed by atoms with E-state index in [4.69, 9.17) is 0 Å². The minimum absolute atomic E-state index is 0.0408. The van der Waals surface area contributed by atoms with Crippen molar-refractivity contribution in [2.45, 2.75) is 46.3 Å². The molecule has 0 unspecified atom stereocenters. The van der Waals surface area contributed by atoms with Crippen LogP contribution in [0.15, 0.2) is 18.2 Å². The second-order valence-corrected chi connectivity index (χ2v) is 4.68. The van der Waals surface area contributed by atoms with Gasteiger partial charge >= 0.3 is 0 Å². The minimum Gasteiger partial charge on any atom is -0.395 e. The minimum atomic E-state index is 0.0408. The van der Waals surface area contributed by atoms with Crippen LogP contribution in [0.2, 0.25) is 0 Å². The Bertz CT molecular complexity index is 362. The topological polar surface area (TPSA) is 43.7 Å². The van der Waals surface area contributed by atoms with Crippen LogP contribution in [0.1, 0.15) is 37.8 Å². The summed E-state index contributed by atoms with van der Waals surface area (Å²) in [6, 6.07) is 6.53. The van der Waals surface area contributed by atoms with E-state index in [2.05, 4.69) is 30.9 Å². The van der Waals surface area contributed by atoms with Gasteiger partial charge in [-0.25, -0.2) is 0 Å². The van der Waals surface area contributed by atoms with E-state index in [-0.39, 0.29) is 13.2 Å². The number of hydrogen-bond donors (Lipinski definition) is 2. The van der Waals surface area contributed by atoms with Crippen molar-refractivity contribution in [2.24, 2.45) is 0 Å². The van der Waals surface area contributed by atoms with E-state index in [9.17, 15) is 10.2 Å². The van der Waals surface area contributed by atoms with Crippen LogP contribution in [0.3, 0.4) is 0 Å². The number of aliphatic hydroxyl groups is 2. The normalized spacial score (nSPS) is 11.0. The maximum atomic E-state index is 9.50. The average molecular weight is 251 g/mol. The van der Waals surface area contributed by atoms with Gasteiger partial charge in [0.2, 0.25) is 0 Å². The van der Waals surface area contributed by atoms with Gasteiger partial charge in [-0.15, -0.1) is 0 Å². The first-order valence-electron chi connectivity index (χ1n) is 6.75. The zero-order valence-electron chi connectivity index (χ0n) is 11.7. The van der Waals surface area contributed by atoms with Gasteiger partial charge < -0.3 is 15.1 Å². The van der Waals surface area contributed by atoms with Crippen LogP contribution in [-0.4, -0.2) is 29.4 Å². The molecule has 1 aromatic rings. The van der Waals surface area contributed by atoms with Crippen LogP contribution < -0.4 is 4.90 Å². The highest BCUT2D eigenvalue weighted by atomic mass is 16.3. The second-order valence-electron chi connectivity index (χ2n) is 4.68. The monoisotopic (exact) mass is 251 g/mol. The molecule has 102 valence electrons. The predicted molar refractivity (Wildman–Crippen MR) is 75.9 cm³/mol. The maximum Gasteiger partial charge on any atom is 0.0702 e. The molecule has 0 saturated carbocycles. The lowest BCUT2D eigenvalue weighted by Crippen LogP contribution is -2.37. The lowest BCUT2D eigenvalue weighted by atomic mass is 10.0. The SMILES string of the molecule is CCC(CC)N(CCO)c1ccc(C)cc1CO. The number of aryl methyl sites for hydroxylation is 1. The lowest BCUT2D eigenvalue weighted by Gasteiger charge is -2.33. The van der Waals surface area contributed by atoms with Gasteiger partial charge in [-0.3, -0.25) is 0 Å². The molecule has 0 saturated heterocycles. The van der Waals surface area contributed by atoms with Crippen LogP contribution in [0.4, 0.5) is 5.69 Å². The molecule has 0 atom stereocenters. The summed E-state index contributed by atoms with van der Waals surface area (Å²) in [6.45, 7) is 7.13. The number of aliphatic hydroxyl groups excluding tert-OH is 2. The fraction of sp³-hybridized carbons (Fsp3) is 0.600. The summed E-state index contributed by atoms with van der Waals surface area (Å²) in [5.41, 5.74) is 3.14. The average Bonchev–Trinajstić information content (AvgIpc) is 2.39. The third-order valence-corrected chi connectivity index (χ3v) is 3.44. The van der Waals surface area contributed by atoms with Crippen molar-refractivity contribution in [3.8, 4) is 0 Å². The molecule has 0 heterocycles. The van der Waals surface area contributed by atoms with Crippen molar-refractivity contribution >= 4 is 5.69 Å². The molecule has 2 N–H and O–H groups in total. The number of nitrogens with zero attached hydrogens (tertiary/aromatic N) is 1. The van der Waals surface area contributed by atoms with Crippen molar-refractivity contribution in [2.75, 3.05) is 18.1 Å².